The van der Waals surface area contributed by atoms with Gasteiger partial charge in [-0.15, -0.1) is 10.2 Å². The van der Waals surface area contributed by atoms with Crippen LogP contribution in [0.4, 0.5) is 10.5 Å². The number of ether oxygens (including phenoxy) is 2. The number of hydrogen-bond acceptors (Lipinski definition) is 7. The largest absolute Gasteiger partial charge is 0.502 e. The third-order valence-electron chi connectivity index (χ3n) is 5.89. The Kier molecular flexibility index (Phi) is 7.69. The highest BCUT2D eigenvalue weighted by atomic mass is 32.1. The molecule has 0 radical (unpaired) electrons. The third kappa shape index (κ3) is 5.94. The molecule has 0 bridgehead atoms. The second-order valence-electron chi connectivity index (χ2n) is 10.3. The van der Waals surface area contributed by atoms with Gasteiger partial charge in [-0.25, -0.2) is 9.64 Å². The average molecular weight is 535 g/mol. The highest BCUT2D eigenvalue weighted by Crippen LogP contribution is 2.43. The predicted octanol–water partition coefficient (Wildman–Crippen LogP) is 6.52. The van der Waals surface area contributed by atoms with Gasteiger partial charge in [0, 0.05) is 11.1 Å². The number of amides is 1. The number of benzene rings is 2. The molecule has 38 heavy (non-hydrogen) atoms. The van der Waals surface area contributed by atoms with Crippen molar-refractivity contribution < 1.29 is 24.2 Å². The number of fused-ring (bicyclic) bond motifs is 1. The average Bonchev–Trinajstić information content (AvgIpc) is 3.49. The van der Waals surface area contributed by atoms with E-state index in [1.165, 1.54) is 16.2 Å². The summed E-state index contributed by atoms with van der Waals surface area (Å²) < 4.78 is 11.2. The van der Waals surface area contributed by atoms with Crippen LogP contribution in [0.25, 0.3) is 26.0 Å². The molecule has 1 amide bonds. The van der Waals surface area contributed by atoms with Crippen molar-refractivity contribution in [3.05, 3.63) is 58.9 Å². The molecular weight excluding hydrogens is 504 g/mol. The molecule has 0 saturated carbocycles. The molecule has 0 spiro atoms. The van der Waals surface area contributed by atoms with Gasteiger partial charge in [0.2, 0.25) is 5.69 Å². The fourth-order valence-corrected chi connectivity index (χ4v) is 5.36. The van der Waals surface area contributed by atoms with Crippen molar-refractivity contribution in [3.63, 3.8) is 0 Å². The fourth-order valence-electron chi connectivity index (χ4n) is 4.46. The lowest BCUT2D eigenvalue weighted by atomic mass is 10.0. The van der Waals surface area contributed by atoms with Crippen LogP contribution < -0.4 is 4.74 Å². The molecule has 9 nitrogen and oxygen atoms in total. The molecule has 0 saturated heterocycles. The van der Waals surface area contributed by atoms with E-state index in [2.05, 4.69) is 15.0 Å². The molecule has 0 fully saturated rings. The van der Waals surface area contributed by atoms with Crippen molar-refractivity contribution in [1.29, 1.82) is 0 Å². The zero-order valence-electron chi connectivity index (χ0n) is 22.0. The standard InChI is InChI=1S/C28H30N4O5S/c1-16(2)36-23-13-10-17(14-21(23)29-6)25-30-31-26(38-25)20-9-7-8-19-18(20)11-12-22(19)32(15-24(33)34)27(35)37-28(3,4)5/h7-10,13-14,16,22H,11-12,15H2,1-5H3,(H,33,34)/t22-/m1/s1. The van der Waals surface area contributed by atoms with Gasteiger partial charge in [0.05, 0.1) is 18.7 Å². The number of carbonyl (C=O) groups is 2. The Morgan fingerprint density at radius 2 is 1.95 bits per heavy atom. The number of aliphatic carboxylic acids is 1. The first kappa shape index (κ1) is 27.1. The highest BCUT2D eigenvalue weighted by Gasteiger charge is 2.36. The van der Waals surface area contributed by atoms with Crippen molar-refractivity contribution in [1.82, 2.24) is 15.1 Å². The van der Waals surface area contributed by atoms with Crippen molar-refractivity contribution in [2.45, 2.75) is 65.2 Å². The van der Waals surface area contributed by atoms with Crippen LogP contribution >= 0.6 is 11.3 Å². The lowest BCUT2D eigenvalue weighted by Gasteiger charge is -2.31. The lowest BCUT2D eigenvalue weighted by Crippen LogP contribution is -2.41. The van der Waals surface area contributed by atoms with E-state index in [1.54, 1.807) is 32.9 Å². The summed E-state index contributed by atoms with van der Waals surface area (Å²) in [7, 11) is 0. The van der Waals surface area contributed by atoms with Crippen LogP contribution in [0.1, 0.15) is 58.2 Å². The quantitative estimate of drug-likeness (QED) is 0.344. The van der Waals surface area contributed by atoms with Gasteiger partial charge in [0.15, 0.2) is 0 Å². The van der Waals surface area contributed by atoms with E-state index in [1.807, 2.05) is 38.1 Å². The van der Waals surface area contributed by atoms with Crippen molar-refractivity contribution in [3.8, 4) is 26.9 Å². The number of hydrogen-bond donors (Lipinski definition) is 1. The van der Waals surface area contributed by atoms with Crippen molar-refractivity contribution in [2.75, 3.05) is 6.54 Å². The zero-order valence-corrected chi connectivity index (χ0v) is 22.8. The summed E-state index contributed by atoms with van der Waals surface area (Å²) in [4.78, 5) is 29.4. The first-order valence-electron chi connectivity index (χ1n) is 12.3. The minimum absolute atomic E-state index is 0.0415. The molecular formula is C28H30N4O5S. The fraction of sp³-hybridized carbons (Fsp3) is 0.393. The number of aromatic nitrogens is 2. The zero-order chi connectivity index (χ0) is 27.6. The van der Waals surface area contributed by atoms with E-state index in [-0.39, 0.29) is 6.10 Å². The van der Waals surface area contributed by atoms with Crippen LogP contribution in [0.5, 0.6) is 5.75 Å². The smallest absolute Gasteiger partial charge is 0.411 e. The van der Waals surface area contributed by atoms with E-state index >= 15 is 0 Å². The van der Waals surface area contributed by atoms with Gasteiger partial charge in [-0.2, -0.15) is 0 Å². The number of carbonyl (C=O) groups excluding carboxylic acids is 1. The maximum Gasteiger partial charge on any atom is 0.411 e. The summed E-state index contributed by atoms with van der Waals surface area (Å²) in [6, 6.07) is 10.8. The minimum atomic E-state index is -1.10. The summed E-state index contributed by atoms with van der Waals surface area (Å²) >= 11 is 1.41. The first-order chi connectivity index (χ1) is 18.0. The number of rotatable bonds is 7. The van der Waals surface area contributed by atoms with E-state index in [0.717, 1.165) is 22.3 Å². The van der Waals surface area contributed by atoms with Gasteiger partial charge in [-0.05, 0) is 70.7 Å². The van der Waals surface area contributed by atoms with Gasteiger partial charge in [0.25, 0.3) is 0 Å². The molecule has 1 heterocycles. The maximum absolute atomic E-state index is 12.9. The van der Waals surface area contributed by atoms with Crippen LogP contribution in [0.2, 0.25) is 0 Å². The lowest BCUT2D eigenvalue weighted by molar-refractivity contribution is -0.138. The van der Waals surface area contributed by atoms with Crippen molar-refractivity contribution in [2.24, 2.45) is 0 Å². The summed E-state index contributed by atoms with van der Waals surface area (Å²) in [6.45, 7) is 16.2. The Balaban J connectivity index is 1.65. The molecule has 198 valence electrons. The summed E-state index contributed by atoms with van der Waals surface area (Å²) in [6.07, 6.45) is 0.547. The SMILES string of the molecule is [C-]#[N+]c1cc(-c2nnc(-c3cccc4c3CC[C@H]4N(CC(=O)O)C(=O)OC(C)(C)C)s2)ccc1OC(C)C. The van der Waals surface area contributed by atoms with E-state index < -0.39 is 30.3 Å². The molecule has 1 aromatic heterocycles. The predicted molar refractivity (Wildman–Crippen MR) is 144 cm³/mol. The molecule has 0 unspecified atom stereocenters. The first-order valence-corrected chi connectivity index (χ1v) is 13.1. The number of carboxylic acid groups (broad SMARTS) is 1. The Hall–Kier alpha value is -3.97. The molecule has 1 atom stereocenters. The van der Waals surface area contributed by atoms with Crippen LogP contribution in [0, 0.1) is 6.57 Å². The Morgan fingerprint density at radius 3 is 2.61 bits per heavy atom. The van der Waals surface area contributed by atoms with Gasteiger partial charge in [-0.1, -0.05) is 35.6 Å². The molecule has 1 aliphatic rings. The second kappa shape index (κ2) is 10.8. The van der Waals surface area contributed by atoms with Gasteiger partial charge < -0.3 is 14.6 Å². The third-order valence-corrected chi connectivity index (χ3v) is 6.90. The van der Waals surface area contributed by atoms with Gasteiger partial charge in [-0.3, -0.25) is 9.69 Å². The maximum atomic E-state index is 12.9. The molecule has 3 aromatic rings. The molecule has 0 aliphatic heterocycles. The number of carboxylic acids is 1. The molecule has 10 heteroatoms. The molecule has 1 aliphatic carbocycles. The summed E-state index contributed by atoms with van der Waals surface area (Å²) in [5, 5.41) is 19.7. The summed E-state index contributed by atoms with van der Waals surface area (Å²) in [5.74, 6) is -0.566. The van der Waals surface area contributed by atoms with Gasteiger partial charge >= 0.3 is 12.1 Å². The van der Waals surface area contributed by atoms with E-state index in [0.29, 0.717) is 34.3 Å². The Bertz CT molecular complexity index is 1400. The molecule has 1 N–H and O–H groups in total. The van der Waals surface area contributed by atoms with Crippen LogP contribution in [-0.4, -0.2) is 50.5 Å². The highest BCUT2D eigenvalue weighted by molar-refractivity contribution is 7.17. The Morgan fingerprint density at radius 1 is 1.21 bits per heavy atom. The minimum Gasteiger partial charge on any atom is -0.502 e. The van der Waals surface area contributed by atoms with Crippen LogP contribution in [0.3, 0.4) is 0 Å². The van der Waals surface area contributed by atoms with Gasteiger partial charge in [0.1, 0.15) is 27.9 Å². The normalized spacial score (nSPS) is 14.6. The van der Waals surface area contributed by atoms with Crippen LogP contribution in [-0.2, 0) is 16.0 Å². The number of nitrogens with zero attached hydrogens (tertiary/aromatic N) is 4. The van der Waals surface area contributed by atoms with Crippen molar-refractivity contribution >= 4 is 29.1 Å². The molecule has 2 aromatic carbocycles. The van der Waals surface area contributed by atoms with E-state index in [4.69, 9.17) is 16.0 Å². The Labute approximate surface area is 225 Å². The van der Waals surface area contributed by atoms with E-state index in [9.17, 15) is 14.7 Å². The summed E-state index contributed by atoms with van der Waals surface area (Å²) in [5.41, 5.74) is 3.25. The monoisotopic (exact) mass is 534 g/mol. The topological polar surface area (TPSA) is 106 Å². The molecule has 4 rings (SSSR count). The van der Waals surface area contributed by atoms with Crippen LogP contribution in [0.15, 0.2) is 36.4 Å². The second-order valence-corrected chi connectivity index (χ2v) is 11.3.